The van der Waals surface area contributed by atoms with E-state index in [1.807, 2.05) is 12.3 Å². The van der Waals surface area contributed by atoms with Crippen LogP contribution < -0.4 is 20.3 Å². The lowest BCUT2D eigenvalue weighted by Crippen LogP contribution is -2.43. The molecular formula is C13H21N3O4S. The lowest BCUT2D eigenvalue weighted by Gasteiger charge is -2.23. The Labute approximate surface area is 125 Å². The molecule has 0 aliphatic rings. The van der Waals surface area contributed by atoms with E-state index in [1.165, 1.54) is 6.92 Å². The van der Waals surface area contributed by atoms with E-state index in [1.54, 1.807) is 24.3 Å². The molecule has 1 aromatic rings. The van der Waals surface area contributed by atoms with Crippen LogP contribution in [0.25, 0.3) is 0 Å². The third-order valence-corrected chi connectivity index (χ3v) is 4.49. The molecule has 21 heavy (non-hydrogen) atoms. The van der Waals surface area contributed by atoms with Gasteiger partial charge in [-0.2, -0.15) is 0 Å². The van der Waals surface area contributed by atoms with Gasteiger partial charge in [-0.15, -0.1) is 0 Å². The highest BCUT2D eigenvalue weighted by Crippen LogP contribution is 2.22. The van der Waals surface area contributed by atoms with Crippen LogP contribution in [0, 0.1) is 0 Å². The number of carbonyl (C=O) groups is 1. The van der Waals surface area contributed by atoms with Gasteiger partial charge in [0.1, 0.15) is 12.3 Å². The molecular weight excluding hydrogens is 294 g/mol. The van der Waals surface area contributed by atoms with E-state index in [2.05, 4.69) is 0 Å². The van der Waals surface area contributed by atoms with Crippen LogP contribution >= 0.6 is 0 Å². The van der Waals surface area contributed by atoms with Crippen molar-refractivity contribution in [1.82, 2.24) is 5.43 Å². The predicted molar refractivity (Wildman–Crippen MR) is 81.4 cm³/mol. The van der Waals surface area contributed by atoms with Crippen LogP contribution in [0.5, 0.6) is 5.75 Å². The van der Waals surface area contributed by atoms with Crippen LogP contribution in [0.2, 0.25) is 0 Å². The summed E-state index contributed by atoms with van der Waals surface area (Å²) in [5, 5.41) is 0. The molecule has 1 aromatic carbocycles. The number of amides is 1. The molecule has 0 unspecified atom stereocenters. The van der Waals surface area contributed by atoms with Gasteiger partial charge in [-0.1, -0.05) is 6.92 Å². The molecule has 0 bridgehead atoms. The molecule has 0 fully saturated rings. The Morgan fingerprint density at radius 1 is 1.29 bits per heavy atom. The number of carbonyl (C=O) groups excluding carboxylic acids is 1. The Morgan fingerprint density at radius 2 is 1.90 bits per heavy atom. The molecule has 0 aromatic heterocycles. The minimum atomic E-state index is -3.57. The summed E-state index contributed by atoms with van der Waals surface area (Å²) in [7, 11) is -3.57. The largest absolute Gasteiger partial charge is 0.494 e. The Balaban J connectivity index is 3.00. The number of anilines is 1. The zero-order valence-corrected chi connectivity index (χ0v) is 13.0. The quantitative estimate of drug-likeness (QED) is 0.416. The zero-order chi connectivity index (χ0) is 15.9. The lowest BCUT2D eigenvalue weighted by atomic mass is 10.3. The summed E-state index contributed by atoms with van der Waals surface area (Å²) in [5.41, 5.74) is 2.32. The maximum Gasteiger partial charge on any atom is 0.254 e. The molecule has 0 spiro atoms. The van der Waals surface area contributed by atoms with Crippen LogP contribution in [0.3, 0.4) is 0 Å². The van der Waals surface area contributed by atoms with Crippen molar-refractivity contribution in [3.05, 3.63) is 24.3 Å². The van der Waals surface area contributed by atoms with E-state index < -0.39 is 15.9 Å². The number of hydrogen-bond donors (Lipinski definition) is 2. The summed E-state index contributed by atoms with van der Waals surface area (Å²) in [6.45, 7) is 3.74. The highest BCUT2D eigenvalue weighted by molar-refractivity contribution is 7.92. The summed E-state index contributed by atoms with van der Waals surface area (Å²) < 4.78 is 30.6. The Kier molecular flexibility index (Phi) is 6.44. The molecule has 0 heterocycles. The van der Waals surface area contributed by atoms with Gasteiger partial charge in [-0.05, 0) is 37.6 Å². The van der Waals surface area contributed by atoms with Gasteiger partial charge in [0.15, 0.2) is 0 Å². The van der Waals surface area contributed by atoms with Gasteiger partial charge >= 0.3 is 0 Å². The summed E-state index contributed by atoms with van der Waals surface area (Å²) in [6, 6.07) is 6.54. The van der Waals surface area contributed by atoms with Crippen molar-refractivity contribution >= 4 is 21.6 Å². The van der Waals surface area contributed by atoms with Crippen molar-refractivity contribution in [3.8, 4) is 5.75 Å². The number of hydrogen-bond acceptors (Lipinski definition) is 5. The molecule has 0 radical (unpaired) electrons. The molecule has 1 rings (SSSR count). The maximum absolute atomic E-state index is 12.1. The first-order chi connectivity index (χ1) is 9.94. The summed E-state index contributed by atoms with van der Waals surface area (Å²) in [5.74, 6) is 4.97. The van der Waals surface area contributed by atoms with Gasteiger partial charge in [-0.3, -0.25) is 14.5 Å². The minimum absolute atomic E-state index is 0.112. The second kappa shape index (κ2) is 7.84. The van der Waals surface area contributed by atoms with Crippen molar-refractivity contribution in [2.75, 3.05) is 23.2 Å². The number of sulfonamides is 1. The van der Waals surface area contributed by atoms with Gasteiger partial charge in [0.05, 0.1) is 18.0 Å². The summed E-state index contributed by atoms with van der Waals surface area (Å²) in [4.78, 5) is 11.4. The van der Waals surface area contributed by atoms with Gasteiger partial charge in [0, 0.05) is 0 Å². The first kappa shape index (κ1) is 17.3. The molecule has 0 aliphatic heterocycles. The third kappa shape index (κ3) is 4.91. The van der Waals surface area contributed by atoms with Crippen LogP contribution in [-0.2, 0) is 14.8 Å². The SMILES string of the molecule is CCCOc1ccc(N(CC(=O)NN)S(=O)(=O)CC)cc1. The fraction of sp³-hybridized carbons (Fsp3) is 0.462. The Hall–Kier alpha value is -1.80. The molecule has 7 nitrogen and oxygen atoms in total. The molecule has 8 heteroatoms. The van der Waals surface area contributed by atoms with Crippen molar-refractivity contribution in [2.24, 2.45) is 5.84 Å². The Bertz CT molecular complexity index is 557. The number of nitrogens with one attached hydrogen (secondary N) is 1. The van der Waals surface area contributed by atoms with Gasteiger partial charge in [0.2, 0.25) is 10.0 Å². The predicted octanol–water partition coefficient (Wildman–Crippen LogP) is 0.621. The molecule has 0 aliphatic carbocycles. The van der Waals surface area contributed by atoms with Crippen LogP contribution in [0.4, 0.5) is 5.69 Å². The van der Waals surface area contributed by atoms with E-state index in [0.29, 0.717) is 18.0 Å². The fourth-order valence-electron chi connectivity index (χ4n) is 1.61. The highest BCUT2D eigenvalue weighted by Gasteiger charge is 2.23. The van der Waals surface area contributed by atoms with E-state index >= 15 is 0 Å². The third-order valence-electron chi connectivity index (χ3n) is 2.75. The number of benzene rings is 1. The average molecular weight is 315 g/mol. The maximum atomic E-state index is 12.1. The molecule has 0 saturated heterocycles. The average Bonchev–Trinajstić information content (AvgIpc) is 2.50. The van der Waals surface area contributed by atoms with Crippen molar-refractivity contribution in [3.63, 3.8) is 0 Å². The topological polar surface area (TPSA) is 102 Å². The fourth-order valence-corrected chi connectivity index (χ4v) is 2.68. The van der Waals surface area contributed by atoms with Crippen LogP contribution in [0.1, 0.15) is 20.3 Å². The standard InChI is InChI=1S/C13H21N3O4S/c1-3-9-20-12-7-5-11(6-8-12)16(10-13(17)15-14)21(18,19)4-2/h5-8H,3-4,9-10,14H2,1-2H3,(H,15,17). The number of ether oxygens (including phenoxy) is 1. The number of nitrogens with zero attached hydrogens (tertiary/aromatic N) is 1. The number of hydrazine groups is 1. The normalized spacial score (nSPS) is 11.0. The number of rotatable bonds is 8. The van der Waals surface area contributed by atoms with Crippen molar-refractivity contribution in [1.29, 1.82) is 0 Å². The zero-order valence-electron chi connectivity index (χ0n) is 12.2. The molecule has 0 saturated carbocycles. The molecule has 3 N–H and O–H groups in total. The monoisotopic (exact) mass is 315 g/mol. The van der Waals surface area contributed by atoms with Crippen LogP contribution in [0.15, 0.2) is 24.3 Å². The summed E-state index contributed by atoms with van der Waals surface area (Å²) >= 11 is 0. The molecule has 118 valence electrons. The van der Waals surface area contributed by atoms with E-state index in [0.717, 1.165) is 10.7 Å². The van der Waals surface area contributed by atoms with E-state index in [4.69, 9.17) is 10.6 Å². The second-order valence-corrected chi connectivity index (χ2v) is 6.50. The van der Waals surface area contributed by atoms with Crippen molar-refractivity contribution in [2.45, 2.75) is 20.3 Å². The lowest BCUT2D eigenvalue weighted by molar-refractivity contribution is -0.119. The van der Waals surface area contributed by atoms with Gasteiger partial charge in [0.25, 0.3) is 5.91 Å². The van der Waals surface area contributed by atoms with E-state index in [-0.39, 0.29) is 12.3 Å². The minimum Gasteiger partial charge on any atom is -0.494 e. The smallest absolute Gasteiger partial charge is 0.254 e. The molecule has 1 amide bonds. The second-order valence-electron chi connectivity index (χ2n) is 4.32. The number of nitrogens with two attached hydrogens (primary N) is 1. The molecule has 0 atom stereocenters. The van der Waals surface area contributed by atoms with Gasteiger partial charge < -0.3 is 4.74 Å². The first-order valence-corrected chi connectivity index (χ1v) is 8.28. The van der Waals surface area contributed by atoms with Crippen molar-refractivity contribution < 1.29 is 17.9 Å². The van der Waals surface area contributed by atoms with Gasteiger partial charge in [-0.25, -0.2) is 14.3 Å². The Morgan fingerprint density at radius 3 is 2.38 bits per heavy atom. The van der Waals surface area contributed by atoms with E-state index in [9.17, 15) is 13.2 Å². The highest BCUT2D eigenvalue weighted by atomic mass is 32.2. The first-order valence-electron chi connectivity index (χ1n) is 6.67. The summed E-state index contributed by atoms with van der Waals surface area (Å²) in [6.07, 6.45) is 0.884. The van der Waals surface area contributed by atoms with Crippen LogP contribution in [-0.4, -0.2) is 33.2 Å².